The minimum Gasteiger partial charge on any atom is -0.472 e. The Balaban J connectivity index is 2.80. The summed E-state index contributed by atoms with van der Waals surface area (Å²) in [5.74, 6) is 0. The summed E-state index contributed by atoms with van der Waals surface area (Å²) in [5.41, 5.74) is 3.42. The maximum absolute atomic E-state index is 5.06. The first-order valence-corrected chi connectivity index (χ1v) is 3.21. The van der Waals surface area contributed by atoms with E-state index in [9.17, 15) is 0 Å². The molecule has 1 heteroatoms. The van der Waals surface area contributed by atoms with Crippen LogP contribution < -0.4 is 0 Å². The van der Waals surface area contributed by atoms with Gasteiger partial charge in [-0.2, -0.15) is 0 Å². The molecule has 0 aromatic rings. The van der Waals surface area contributed by atoms with Gasteiger partial charge >= 0.3 is 0 Å². The van der Waals surface area contributed by atoms with Gasteiger partial charge in [0.25, 0.3) is 0 Å². The Labute approximate surface area is 59.6 Å². The van der Waals surface area contributed by atoms with Gasteiger partial charge in [-0.25, -0.2) is 0 Å². The lowest BCUT2D eigenvalue weighted by Crippen LogP contribution is -1.77. The van der Waals surface area contributed by atoms with Crippen LogP contribution in [0.3, 0.4) is 0 Å². The van der Waals surface area contributed by atoms with Crippen LogP contribution in [0.2, 0.25) is 0 Å². The molecule has 2 rings (SSSR count). The first kappa shape index (κ1) is 5.54. The van der Waals surface area contributed by atoms with E-state index in [-0.39, 0.29) is 0 Å². The number of hydrogen-bond acceptors (Lipinski definition) is 1. The van der Waals surface area contributed by atoms with Crippen LogP contribution in [0.15, 0.2) is 29.1 Å². The molecule has 10 heavy (non-hydrogen) atoms. The van der Waals surface area contributed by atoms with E-state index in [1.165, 1.54) is 0 Å². The molecule has 1 aliphatic heterocycles. The van der Waals surface area contributed by atoms with Gasteiger partial charge in [0.2, 0.25) is 0 Å². The fraction of sp³-hybridized carbons (Fsp3) is 0.111. The lowest BCUT2D eigenvalue weighted by Gasteiger charge is -1.98. The zero-order chi connectivity index (χ0) is 6.97. The van der Waals surface area contributed by atoms with E-state index in [1.54, 1.807) is 12.5 Å². The highest BCUT2D eigenvalue weighted by Crippen LogP contribution is 2.24. The van der Waals surface area contributed by atoms with Crippen LogP contribution in [-0.4, -0.2) is 0 Å². The van der Waals surface area contributed by atoms with Crippen LogP contribution in [0.4, 0.5) is 0 Å². The normalized spacial score (nSPS) is 10.5. The molecule has 0 unspecified atom stereocenters. The molecule has 0 atom stereocenters. The number of fused-ring (bicyclic) bond motifs is 1. The largest absolute Gasteiger partial charge is 0.472 e. The quantitative estimate of drug-likeness (QED) is 0.535. The van der Waals surface area contributed by atoms with E-state index >= 15 is 0 Å². The summed E-state index contributed by atoms with van der Waals surface area (Å²) in [6.07, 6.45) is 3.47. The van der Waals surface area contributed by atoms with Crippen molar-refractivity contribution in [2.45, 2.75) is 6.92 Å². The SMILES string of the molecule is Cc1cocc2cc[c]c1-2. The Morgan fingerprint density at radius 2 is 2.30 bits per heavy atom. The standard InChI is InChI=1S/C9H7O/c1-7-5-10-6-8-3-2-4-9(7)8/h2-3,5-6H,1H3. The van der Waals surface area contributed by atoms with E-state index in [0.717, 1.165) is 16.7 Å². The predicted octanol–water partition coefficient (Wildman–Crippen LogP) is 2.49. The van der Waals surface area contributed by atoms with Gasteiger partial charge in [0, 0.05) is 5.56 Å². The van der Waals surface area contributed by atoms with Gasteiger partial charge in [-0.15, -0.1) is 0 Å². The molecule has 1 radical (unpaired) electrons. The van der Waals surface area contributed by atoms with Crippen molar-refractivity contribution in [3.05, 3.63) is 36.3 Å². The Morgan fingerprint density at radius 1 is 1.40 bits per heavy atom. The van der Waals surface area contributed by atoms with Gasteiger partial charge in [0.05, 0.1) is 12.5 Å². The molecule has 0 amide bonds. The number of hydrogen-bond donors (Lipinski definition) is 0. The van der Waals surface area contributed by atoms with Crippen molar-refractivity contribution in [2.24, 2.45) is 0 Å². The topological polar surface area (TPSA) is 13.1 Å². The van der Waals surface area contributed by atoms with Gasteiger partial charge in [-0.1, -0.05) is 12.1 Å². The van der Waals surface area contributed by atoms with Crippen LogP contribution in [0.1, 0.15) is 5.56 Å². The van der Waals surface area contributed by atoms with Crippen molar-refractivity contribution in [2.75, 3.05) is 0 Å². The molecule has 49 valence electrons. The fourth-order valence-electron chi connectivity index (χ4n) is 1.09. The van der Waals surface area contributed by atoms with Crippen molar-refractivity contribution >= 4 is 0 Å². The molecule has 1 nitrogen and oxygen atoms in total. The zero-order valence-electron chi connectivity index (χ0n) is 5.72. The lowest BCUT2D eigenvalue weighted by atomic mass is 10.1. The van der Waals surface area contributed by atoms with Gasteiger partial charge < -0.3 is 4.42 Å². The van der Waals surface area contributed by atoms with Crippen molar-refractivity contribution in [1.82, 2.24) is 0 Å². The minimum atomic E-state index is 1.12. The molecule has 0 aromatic heterocycles. The van der Waals surface area contributed by atoms with Crippen LogP contribution in [0, 0.1) is 13.0 Å². The third-order valence-corrected chi connectivity index (χ3v) is 1.61. The second kappa shape index (κ2) is 1.87. The second-order valence-corrected chi connectivity index (χ2v) is 2.36. The molecule has 2 aliphatic rings. The van der Waals surface area contributed by atoms with E-state index in [1.807, 2.05) is 19.1 Å². The molecule has 1 aliphatic carbocycles. The predicted molar refractivity (Wildman–Crippen MR) is 38.9 cm³/mol. The summed E-state index contributed by atoms with van der Waals surface area (Å²) in [7, 11) is 0. The molecule has 0 N–H and O–H groups in total. The zero-order valence-corrected chi connectivity index (χ0v) is 5.72. The van der Waals surface area contributed by atoms with Crippen LogP contribution in [0.5, 0.6) is 0 Å². The monoisotopic (exact) mass is 131 g/mol. The molecule has 0 saturated carbocycles. The molecule has 0 bridgehead atoms. The fourth-order valence-corrected chi connectivity index (χ4v) is 1.09. The van der Waals surface area contributed by atoms with E-state index in [0.29, 0.717) is 0 Å². The van der Waals surface area contributed by atoms with E-state index < -0.39 is 0 Å². The van der Waals surface area contributed by atoms with Crippen molar-refractivity contribution in [1.29, 1.82) is 0 Å². The minimum absolute atomic E-state index is 1.12. The molecular weight excluding hydrogens is 124 g/mol. The highest BCUT2D eigenvalue weighted by atomic mass is 16.3. The summed E-state index contributed by atoms with van der Waals surface area (Å²) in [6.45, 7) is 2.02. The number of aryl methyl sites for hydroxylation is 1. The summed E-state index contributed by atoms with van der Waals surface area (Å²) >= 11 is 0. The smallest absolute Gasteiger partial charge is 0.0980 e. The Kier molecular flexibility index (Phi) is 1.04. The second-order valence-electron chi connectivity index (χ2n) is 2.36. The highest BCUT2D eigenvalue weighted by Gasteiger charge is 2.03. The molecule has 0 saturated heterocycles. The maximum Gasteiger partial charge on any atom is 0.0980 e. The Morgan fingerprint density at radius 3 is 3.10 bits per heavy atom. The summed E-state index contributed by atoms with van der Waals surface area (Å²) in [4.78, 5) is 0. The summed E-state index contributed by atoms with van der Waals surface area (Å²) in [6, 6.07) is 7.03. The molecule has 0 aromatic carbocycles. The highest BCUT2D eigenvalue weighted by molar-refractivity contribution is 5.67. The van der Waals surface area contributed by atoms with E-state index in [4.69, 9.17) is 4.42 Å². The van der Waals surface area contributed by atoms with Gasteiger partial charge in [0.1, 0.15) is 0 Å². The average Bonchev–Trinajstić information content (AvgIpc) is 2.36. The van der Waals surface area contributed by atoms with Crippen LogP contribution in [-0.2, 0) is 0 Å². The Bertz CT molecular complexity index is 309. The third-order valence-electron chi connectivity index (χ3n) is 1.61. The molecular formula is C9H7O. The van der Waals surface area contributed by atoms with Gasteiger partial charge in [-0.3, -0.25) is 0 Å². The van der Waals surface area contributed by atoms with E-state index in [2.05, 4.69) is 6.07 Å². The van der Waals surface area contributed by atoms with Crippen LogP contribution in [0.25, 0.3) is 11.1 Å². The maximum atomic E-state index is 5.06. The lowest BCUT2D eigenvalue weighted by molar-refractivity contribution is 0.547. The Hall–Kier alpha value is -1.24. The van der Waals surface area contributed by atoms with Gasteiger partial charge in [0.15, 0.2) is 0 Å². The van der Waals surface area contributed by atoms with Crippen molar-refractivity contribution < 1.29 is 4.42 Å². The average molecular weight is 131 g/mol. The van der Waals surface area contributed by atoms with Crippen molar-refractivity contribution in [3.8, 4) is 11.1 Å². The number of rotatable bonds is 0. The molecule has 1 heterocycles. The van der Waals surface area contributed by atoms with Crippen molar-refractivity contribution in [3.63, 3.8) is 0 Å². The van der Waals surface area contributed by atoms with Gasteiger partial charge in [-0.05, 0) is 24.1 Å². The third kappa shape index (κ3) is 0.637. The molecule has 0 fully saturated rings. The first-order valence-electron chi connectivity index (χ1n) is 3.21. The molecule has 0 spiro atoms. The van der Waals surface area contributed by atoms with Crippen LogP contribution >= 0.6 is 0 Å². The summed E-state index contributed by atoms with van der Waals surface area (Å²) < 4.78 is 5.06. The summed E-state index contributed by atoms with van der Waals surface area (Å²) in [5, 5.41) is 0. The first-order chi connectivity index (χ1) is 4.88.